The number of aliphatic imine (C=N–C) groups is 1. The Bertz CT molecular complexity index is 1250. The molecule has 0 aliphatic rings. The van der Waals surface area contributed by atoms with Crippen LogP contribution in [0.4, 0.5) is 27.9 Å². The molecule has 12 heteroatoms. The van der Waals surface area contributed by atoms with Crippen LogP contribution in [0, 0.1) is 0 Å². The third-order valence-electron chi connectivity index (χ3n) is 5.12. The third-order valence-corrected chi connectivity index (χ3v) is 9.10. The number of benzene rings is 2. The van der Waals surface area contributed by atoms with E-state index in [1.54, 1.807) is 11.3 Å². The van der Waals surface area contributed by atoms with Crippen LogP contribution >= 0.6 is 44.7 Å². The molecule has 0 saturated heterocycles. The second-order valence-electron chi connectivity index (χ2n) is 8.50. The number of allylic oxidation sites excluding steroid dienone is 1. The number of hydrogen-bond acceptors (Lipinski definition) is 10. The first-order valence-corrected chi connectivity index (χ1v) is 16.6. The summed E-state index contributed by atoms with van der Waals surface area (Å²) in [4.78, 5) is 8.77. The predicted octanol–water partition coefficient (Wildman–Crippen LogP) is 8.37. The van der Waals surface area contributed by atoms with Gasteiger partial charge in [-0.25, -0.2) is 4.57 Å². The second-order valence-corrected chi connectivity index (χ2v) is 12.9. The number of thioether (sulfide) groups is 1. The monoisotopic (exact) mass is 599 g/mol. The molecule has 0 aliphatic heterocycles. The Labute approximate surface area is 247 Å². The van der Waals surface area contributed by atoms with Gasteiger partial charge in [0, 0.05) is 56.5 Å². The smallest absolute Gasteiger partial charge is 0.378 e. The zero-order valence-corrected chi connectivity index (χ0v) is 26.2. The van der Waals surface area contributed by atoms with Gasteiger partial charge in [0.15, 0.2) is 0 Å². The molecule has 0 unspecified atom stereocenters. The van der Waals surface area contributed by atoms with Crippen LogP contribution < -0.4 is 14.4 Å². The molecule has 0 aliphatic carbocycles. The molecule has 1 aromatic heterocycles. The highest BCUT2D eigenvalue weighted by Gasteiger charge is 2.12. The summed E-state index contributed by atoms with van der Waals surface area (Å²) in [5.41, 5.74) is 3.93. The van der Waals surface area contributed by atoms with Gasteiger partial charge in [0.05, 0.1) is 17.3 Å². The van der Waals surface area contributed by atoms with Crippen LogP contribution in [0.25, 0.3) is 0 Å². The fourth-order valence-electron chi connectivity index (χ4n) is 3.04. The lowest BCUT2D eigenvalue weighted by molar-refractivity contribution is -0.675. The molecule has 0 radical (unpaired) electrons. The average molecular weight is 600 g/mol. The van der Waals surface area contributed by atoms with Crippen molar-refractivity contribution in [2.75, 3.05) is 56.0 Å². The van der Waals surface area contributed by atoms with Gasteiger partial charge in [0.2, 0.25) is 5.17 Å². The summed E-state index contributed by atoms with van der Waals surface area (Å²) in [5, 5.41) is 23.2. The summed E-state index contributed by atoms with van der Waals surface area (Å²) >= 11 is 3.08. The maximum absolute atomic E-state index is 4.64. The quantitative estimate of drug-likeness (QED) is 0.0493. The predicted molar refractivity (Wildman–Crippen MR) is 174 cm³/mol. The number of amidine groups is 1. The molecule has 0 spiro atoms. The Kier molecular flexibility index (Phi) is 13.5. The maximum atomic E-state index is 4.64. The van der Waals surface area contributed by atoms with Crippen molar-refractivity contribution in [2.24, 2.45) is 25.4 Å². The van der Waals surface area contributed by atoms with Crippen LogP contribution in [0.15, 0.2) is 97.0 Å². The fraction of sp³-hybridized carbons (Fsp3) is 0.333. The van der Waals surface area contributed by atoms with E-state index in [-0.39, 0.29) is 0 Å². The van der Waals surface area contributed by atoms with Crippen molar-refractivity contribution in [3.63, 3.8) is 0 Å². The minimum atomic E-state index is 0.663. The molecule has 3 rings (SSSR count). The number of hydrogen-bond donors (Lipinski definition) is 0. The minimum absolute atomic E-state index is 0.663. The Morgan fingerprint density at radius 1 is 0.846 bits per heavy atom. The molecule has 0 fully saturated rings. The fourth-order valence-corrected chi connectivity index (χ4v) is 6.08. The van der Waals surface area contributed by atoms with Crippen LogP contribution in [-0.2, 0) is 6.54 Å². The molecular formula is C27H35N8S4+. The summed E-state index contributed by atoms with van der Waals surface area (Å²) in [5.74, 6) is 1.88. The van der Waals surface area contributed by atoms with E-state index in [0.29, 0.717) is 11.7 Å². The molecule has 0 saturated carbocycles. The van der Waals surface area contributed by atoms with Gasteiger partial charge in [-0.05, 0) is 77.3 Å². The molecule has 39 heavy (non-hydrogen) atoms. The van der Waals surface area contributed by atoms with Gasteiger partial charge >= 0.3 is 5.13 Å². The Morgan fingerprint density at radius 3 is 2.08 bits per heavy atom. The summed E-state index contributed by atoms with van der Waals surface area (Å²) < 4.78 is 2.14. The van der Waals surface area contributed by atoms with Gasteiger partial charge < -0.3 is 9.80 Å². The van der Waals surface area contributed by atoms with E-state index in [1.807, 2.05) is 122 Å². The SMILES string of the molecule is C/C=C\SC(/N=N/c1ccc(N(C)C)cc1)=N/CCSSCC[n+]1ccsc1/N=N/c1ccc(N(C)C)cc1. The minimum Gasteiger partial charge on any atom is -0.378 e. The van der Waals surface area contributed by atoms with E-state index in [1.165, 1.54) is 11.8 Å². The van der Waals surface area contributed by atoms with Crippen molar-refractivity contribution in [1.29, 1.82) is 0 Å². The molecule has 3 aromatic rings. The van der Waals surface area contributed by atoms with Crippen LogP contribution in [-0.4, -0.2) is 51.4 Å². The van der Waals surface area contributed by atoms with Crippen molar-refractivity contribution in [3.05, 3.63) is 71.6 Å². The summed E-state index contributed by atoms with van der Waals surface area (Å²) in [6.07, 6.45) is 4.04. The van der Waals surface area contributed by atoms with Gasteiger partial charge in [-0.15, -0.1) is 10.2 Å². The number of rotatable bonds is 13. The number of aromatic nitrogens is 1. The number of thiazole rings is 1. The number of aryl methyl sites for hydroxylation is 1. The molecule has 206 valence electrons. The first kappa shape index (κ1) is 30.9. The van der Waals surface area contributed by atoms with E-state index < -0.39 is 0 Å². The zero-order chi connectivity index (χ0) is 27.9. The van der Waals surface area contributed by atoms with Crippen LogP contribution in [0.3, 0.4) is 0 Å². The maximum Gasteiger partial charge on any atom is 0.408 e. The molecular weight excluding hydrogens is 565 g/mol. The van der Waals surface area contributed by atoms with Crippen LogP contribution in [0.1, 0.15) is 6.92 Å². The lowest BCUT2D eigenvalue weighted by atomic mass is 10.3. The van der Waals surface area contributed by atoms with Gasteiger partial charge in [-0.2, -0.15) is 0 Å². The lowest BCUT2D eigenvalue weighted by Crippen LogP contribution is -2.32. The lowest BCUT2D eigenvalue weighted by Gasteiger charge is -2.11. The molecule has 1 heterocycles. The van der Waals surface area contributed by atoms with E-state index in [0.717, 1.165) is 45.9 Å². The second kappa shape index (κ2) is 17.1. The van der Waals surface area contributed by atoms with E-state index in [9.17, 15) is 0 Å². The number of anilines is 2. The van der Waals surface area contributed by atoms with Gasteiger partial charge in [-0.1, -0.05) is 39.4 Å². The van der Waals surface area contributed by atoms with Gasteiger partial charge in [0.1, 0.15) is 18.4 Å². The summed E-state index contributed by atoms with van der Waals surface area (Å²) in [6.45, 7) is 3.55. The van der Waals surface area contributed by atoms with Crippen molar-refractivity contribution in [1.82, 2.24) is 0 Å². The Hall–Kier alpha value is -2.67. The zero-order valence-electron chi connectivity index (χ0n) is 23.0. The van der Waals surface area contributed by atoms with Gasteiger partial charge in [-0.3, -0.25) is 4.99 Å². The normalized spacial score (nSPS) is 12.3. The first-order valence-electron chi connectivity index (χ1n) is 12.4. The van der Waals surface area contributed by atoms with Crippen molar-refractivity contribution < 1.29 is 4.57 Å². The Balaban J connectivity index is 1.42. The van der Waals surface area contributed by atoms with Crippen LogP contribution in [0.5, 0.6) is 0 Å². The van der Waals surface area contributed by atoms with E-state index >= 15 is 0 Å². The molecule has 0 bridgehead atoms. The topological polar surface area (TPSA) is 72.2 Å². The number of nitrogens with zero attached hydrogens (tertiary/aromatic N) is 8. The number of azo groups is 2. The van der Waals surface area contributed by atoms with Crippen molar-refractivity contribution >= 4 is 77.7 Å². The van der Waals surface area contributed by atoms with Crippen molar-refractivity contribution in [2.45, 2.75) is 13.5 Å². The van der Waals surface area contributed by atoms with Crippen LogP contribution in [0.2, 0.25) is 0 Å². The Morgan fingerprint density at radius 2 is 1.46 bits per heavy atom. The standard InChI is InChI=1S/C27H35N8S4/c1-6-18-36-26(31-29-22-7-11-24(12-8-22)33(2)3)28-15-19-38-39-21-17-35-16-20-37-27(35)32-30-23-9-13-25(14-10-23)34(4)5/h6-14,16,18,20H,15,17,19,21H2,1-5H3/q+1/b18-6-,28-26+,31-29+. The third kappa shape index (κ3) is 11.1. The first-order chi connectivity index (χ1) is 19.0. The molecule has 0 atom stereocenters. The molecule has 2 aromatic carbocycles. The molecule has 0 N–H and O–H groups in total. The highest BCUT2D eigenvalue weighted by molar-refractivity contribution is 8.76. The molecule has 0 amide bonds. The largest absolute Gasteiger partial charge is 0.408 e. The average Bonchev–Trinajstić information content (AvgIpc) is 3.40. The highest BCUT2D eigenvalue weighted by atomic mass is 33.1. The summed E-state index contributed by atoms with van der Waals surface area (Å²) in [7, 11) is 11.7. The van der Waals surface area contributed by atoms with Gasteiger partial charge in [0.25, 0.3) is 0 Å². The van der Waals surface area contributed by atoms with E-state index in [4.69, 9.17) is 0 Å². The van der Waals surface area contributed by atoms with Crippen molar-refractivity contribution in [3.8, 4) is 0 Å². The summed E-state index contributed by atoms with van der Waals surface area (Å²) in [6, 6.07) is 16.0. The van der Waals surface area contributed by atoms with E-state index in [2.05, 4.69) is 46.0 Å². The highest BCUT2D eigenvalue weighted by Crippen LogP contribution is 2.24. The molecule has 8 nitrogen and oxygen atoms in total.